The molecule has 0 heterocycles. The van der Waals surface area contributed by atoms with Crippen LogP contribution in [0.3, 0.4) is 0 Å². The van der Waals surface area contributed by atoms with Gasteiger partial charge in [-0.25, -0.2) is 0 Å². The fourth-order valence-corrected chi connectivity index (χ4v) is 2.87. The van der Waals surface area contributed by atoms with E-state index in [1.165, 1.54) is 0 Å². The molecule has 0 aromatic rings. The van der Waals surface area contributed by atoms with Crippen molar-refractivity contribution in [1.29, 1.82) is 5.41 Å². The second kappa shape index (κ2) is 6.77. The monoisotopic (exact) mass is 221 g/mol. The van der Waals surface area contributed by atoms with Crippen molar-refractivity contribution in [3.8, 4) is 0 Å². The molecule has 6 nitrogen and oxygen atoms in total. The first-order valence-electron chi connectivity index (χ1n) is 4.42. The molecule has 0 amide bonds. The molecule has 0 saturated carbocycles. The zero-order valence-corrected chi connectivity index (χ0v) is 9.92. The predicted molar refractivity (Wildman–Crippen MR) is 55.9 cm³/mol. The van der Waals surface area contributed by atoms with Gasteiger partial charge in [-0.05, 0) is 0 Å². The number of rotatable bonds is 7. The van der Waals surface area contributed by atoms with Crippen molar-refractivity contribution >= 4 is 14.8 Å². The van der Waals surface area contributed by atoms with Crippen LogP contribution in [0.5, 0.6) is 0 Å². The van der Waals surface area contributed by atoms with Gasteiger partial charge in [-0.1, -0.05) is 13.3 Å². The average molecular weight is 221 g/mol. The number of nitrogens with one attached hydrogen (secondary N) is 2. The molecule has 0 unspecified atom stereocenters. The SMILES string of the molecule is CCC[Si](OC)(OC)OCNC(=N)N. The Morgan fingerprint density at radius 3 is 2.36 bits per heavy atom. The molecular weight excluding hydrogens is 202 g/mol. The maximum absolute atomic E-state index is 6.94. The third-order valence-electron chi connectivity index (χ3n) is 1.73. The first-order valence-corrected chi connectivity index (χ1v) is 6.35. The minimum atomic E-state index is -2.53. The summed E-state index contributed by atoms with van der Waals surface area (Å²) < 4.78 is 15.9. The summed E-state index contributed by atoms with van der Waals surface area (Å²) in [7, 11) is 0.612. The van der Waals surface area contributed by atoms with Gasteiger partial charge in [0.15, 0.2) is 5.96 Å². The van der Waals surface area contributed by atoms with Crippen LogP contribution >= 0.6 is 0 Å². The Morgan fingerprint density at radius 1 is 1.43 bits per heavy atom. The summed E-state index contributed by atoms with van der Waals surface area (Å²) in [5, 5.41) is 9.48. The Hall–Kier alpha value is -0.633. The molecule has 4 N–H and O–H groups in total. The van der Waals surface area contributed by atoms with Crippen molar-refractivity contribution in [3.63, 3.8) is 0 Å². The van der Waals surface area contributed by atoms with Crippen LogP contribution in [0, 0.1) is 5.41 Å². The van der Waals surface area contributed by atoms with Crippen LogP contribution in [0.2, 0.25) is 6.04 Å². The van der Waals surface area contributed by atoms with Gasteiger partial charge >= 0.3 is 8.80 Å². The van der Waals surface area contributed by atoms with Crippen LogP contribution < -0.4 is 11.1 Å². The number of hydrogen-bond acceptors (Lipinski definition) is 4. The molecule has 84 valence electrons. The highest BCUT2D eigenvalue weighted by Gasteiger charge is 2.37. The lowest BCUT2D eigenvalue weighted by Crippen LogP contribution is -2.47. The molecule has 0 aromatic heterocycles. The van der Waals surface area contributed by atoms with E-state index in [2.05, 4.69) is 5.32 Å². The Kier molecular flexibility index (Phi) is 6.46. The second-order valence-corrected chi connectivity index (χ2v) is 5.69. The first kappa shape index (κ1) is 13.4. The fourth-order valence-electron chi connectivity index (χ4n) is 1.01. The highest BCUT2D eigenvalue weighted by molar-refractivity contribution is 6.60. The van der Waals surface area contributed by atoms with Crippen molar-refractivity contribution in [2.45, 2.75) is 19.4 Å². The quantitative estimate of drug-likeness (QED) is 0.245. The molecule has 0 atom stereocenters. The molecule has 0 aliphatic carbocycles. The molecule has 14 heavy (non-hydrogen) atoms. The van der Waals surface area contributed by atoms with Crippen molar-refractivity contribution in [2.75, 3.05) is 21.0 Å². The number of guanidine groups is 1. The van der Waals surface area contributed by atoms with E-state index in [-0.39, 0.29) is 12.7 Å². The predicted octanol–water partition coefficient (Wildman–Crippen LogP) is 0.0853. The topological polar surface area (TPSA) is 89.6 Å². The molecular formula is C7H19N3O3Si. The highest BCUT2D eigenvalue weighted by atomic mass is 28.4. The third kappa shape index (κ3) is 4.56. The average Bonchev–Trinajstić information content (AvgIpc) is 2.16. The summed E-state index contributed by atoms with van der Waals surface area (Å²) in [6.45, 7) is 2.17. The van der Waals surface area contributed by atoms with Gasteiger partial charge in [0, 0.05) is 20.3 Å². The molecule has 0 spiro atoms. The van der Waals surface area contributed by atoms with Gasteiger partial charge in [-0.3, -0.25) is 5.41 Å². The van der Waals surface area contributed by atoms with Gasteiger partial charge in [0.05, 0.1) is 0 Å². The maximum Gasteiger partial charge on any atom is 0.501 e. The van der Waals surface area contributed by atoms with Gasteiger partial charge < -0.3 is 24.3 Å². The number of hydrogen-bond donors (Lipinski definition) is 3. The first-order chi connectivity index (χ1) is 6.60. The zero-order chi connectivity index (χ0) is 11.0. The van der Waals surface area contributed by atoms with E-state index in [4.69, 9.17) is 24.4 Å². The second-order valence-electron chi connectivity index (χ2n) is 2.72. The van der Waals surface area contributed by atoms with Crippen LogP contribution in [-0.2, 0) is 13.3 Å². The summed E-state index contributed by atoms with van der Waals surface area (Å²) in [4.78, 5) is 0. The maximum atomic E-state index is 6.94. The fraction of sp³-hybridized carbons (Fsp3) is 0.857. The van der Waals surface area contributed by atoms with E-state index < -0.39 is 8.80 Å². The van der Waals surface area contributed by atoms with E-state index in [1.54, 1.807) is 14.2 Å². The van der Waals surface area contributed by atoms with Crippen molar-refractivity contribution in [1.82, 2.24) is 5.32 Å². The molecule has 0 bridgehead atoms. The highest BCUT2D eigenvalue weighted by Crippen LogP contribution is 2.14. The zero-order valence-electron chi connectivity index (χ0n) is 8.92. The molecule has 0 radical (unpaired) electrons. The lowest BCUT2D eigenvalue weighted by atomic mass is 10.6. The molecule has 0 rings (SSSR count). The molecule has 0 fully saturated rings. The van der Waals surface area contributed by atoms with Crippen LogP contribution in [0.15, 0.2) is 0 Å². The van der Waals surface area contributed by atoms with Gasteiger partial charge in [0.2, 0.25) is 0 Å². The van der Waals surface area contributed by atoms with E-state index in [0.29, 0.717) is 0 Å². The van der Waals surface area contributed by atoms with Crippen LogP contribution in [0.1, 0.15) is 13.3 Å². The van der Waals surface area contributed by atoms with Gasteiger partial charge in [-0.2, -0.15) is 0 Å². The molecule has 0 aliphatic rings. The minimum Gasteiger partial charge on any atom is -0.377 e. The summed E-state index contributed by atoms with van der Waals surface area (Å²) >= 11 is 0. The van der Waals surface area contributed by atoms with Crippen molar-refractivity contribution < 1.29 is 13.3 Å². The van der Waals surface area contributed by atoms with Crippen LogP contribution in [0.25, 0.3) is 0 Å². The largest absolute Gasteiger partial charge is 0.501 e. The van der Waals surface area contributed by atoms with E-state index >= 15 is 0 Å². The Labute approximate surface area is 85.6 Å². The van der Waals surface area contributed by atoms with Crippen molar-refractivity contribution in [2.24, 2.45) is 5.73 Å². The van der Waals surface area contributed by atoms with Crippen molar-refractivity contribution in [3.05, 3.63) is 0 Å². The van der Waals surface area contributed by atoms with Gasteiger partial charge in [-0.15, -0.1) is 0 Å². The molecule has 7 heteroatoms. The van der Waals surface area contributed by atoms with Gasteiger partial charge in [0.25, 0.3) is 0 Å². The lowest BCUT2D eigenvalue weighted by Gasteiger charge is -2.25. The Balaban J connectivity index is 4.00. The van der Waals surface area contributed by atoms with E-state index in [0.717, 1.165) is 12.5 Å². The molecule has 0 aromatic carbocycles. The third-order valence-corrected chi connectivity index (χ3v) is 4.67. The normalized spacial score (nSPS) is 11.4. The number of nitrogens with two attached hydrogens (primary N) is 1. The summed E-state index contributed by atoms with van der Waals surface area (Å²) in [6, 6.07) is 0.750. The van der Waals surface area contributed by atoms with E-state index in [9.17, 15) is 0 Å². The smallest absolute Gasteiger partial charge is 0.377 e. The molecule has 0 saturated heterocycles. The summed E-state index contributed by atoms with van der Waals surface area (Å²) in [5.74, 6) is -0.128. The van der Waals surface area contributed by atoms with Crippen LogP contribution in [-0.4, -0.2) is 35.7 Å². The standard InChI is InChI=1S/C7H19N3O3Si/c1-4-5-14(11-2,12-3)13-6-10-7(8)9/h4-6H2,1-3H3,(H4,8,9,10). The van der Waals surface area contributed by atoms with Gasteiger partial charge in [0.1, 0.15) is 6.73 Å². The Morgan fingerprint density at radius 2 is 2.00 bits per heavy atom. The minimum absolute atomic E-state index is 0.128. The Bertz CT molecular complexity index is 176. The summed E-state index contributed by atoms with van der Waals surface area (Å²) in [5.41, 5.74) is 5.10. The molecule has 0 aliphatic heterocycles. The van der Waals surface area contributed by atoms with Crippen LogP contribution in [0.4, 0.5) is 0 Å². The van der Waals surface area contributed by atoms with E-state index in [1.807, 2.05) is 6.92 Å². The lowest BCUT2D eigenvalue weighted by molar-refractivity contribution is 0.0954. The summed E-state index contributed by atoms with van der Waals surface area (Å²) in [6.07, 6.45) is 0.925.